The van der Waals surface area contributed by atoms with E-state index in [-0.39, 0.29) is 25.3 Å². The standard InChI is InChI=1S/C11H11F4NO2/c12-9-2-1-7(5-8(9)11(13,14)15)10(17)6-18-4-3-16/h1-2,5H,3-4,6,16H2. The number of benzene rings is 1. The predicted octanol–water partition coefficient (Wildman–Crippen LogP) is 2.00. The molecule has 0 radical (unpaired) electrons. The number of carbonyl (C=O) groups is 1. The number of alkyl halides is 3. The van der Waals surface area contributed by atoms with Crippen LogP contribution in [0.1, 0.15) is 15.9 Å². The number of hydrogen-bond acceptors (Lipinski definition) is 3. The van der Waals surface area contributed by atoms with Gasteiger partial charge in [0.05, 0.1) is 12.2 Å². The Labute approximate surface area is 101 Å². The predicted molar refractivity (Wildman–Crippen MR) is 55.6 cm³/mol. The van der Waals surface area contributed by atoms with E-state index in [0.29, 0.717) is 12.1 Å². The number of carbonyl (C=O) groups excluding carboxylic acids is 1. The van der Waals surface area contributed by atoms with Crippen LogP contribution in [0.5, 0.6) is 0 Å². The normalized spacial score (nSPS) is 11.6. The van der Waals surface area contributed by atoms with Crippen LogP contribution in [0.15, 0.2) is 18.2 Å². The number of halogens is 4. The molecule has 3 nitrogen and oxygen atoms in total. The molecule has 0 spiro atoms. The van der Waals surface area contributed by atoms with Crippen LogP contribution in [0.3, 0.4) is 0 Å². The summed E-state index contributed by atoms with van der Waals surface area (Å²) in [6, 6.07) is 2.07. The van der Waals surface area contributed by atoms with E-state index in [4.69, 9.17) is 10.5 Å². The molecule has 1 rings (SSSR count). The molecule has 18 heavy (non-hydrogen) atoms. The van der Waals surface area contributed by atoms with E-state index in [1.807, 2.05) is 0 Å². The Morgan fingerprint density at radius 3 is 2.56 bits per heavy atom. The smallest absolute Gasteiger partial charge is 0.372 e. The highest BCUT2D eigenvalue weighted by Crippen LogP contribution is 2.31. The van der Waals surface area contributed by atoms with Crippen molar-refractivity contribution in [2.45, 2.75) is 6.18 Å². The van der Waals surface area contributed by atoms with Gasteiger partial charge in [0, 0.05) is 12.1 Å². The average molecular weight is 265 g/mol. The minimum Gasteiger partial charge on any atom is -0.372 e. The van der Waals surface area contributed by atoms with E-state index in [1.54, 1.807) is 0 Å². The van der Waals surface area contributed by atoms with E-state index in [2.05, 4.69) is 0 Å². The van der Waals surface area contributed by atoms with Crippen LogP contribution in [0, 0.1) is 5.82 Å². The summed E-state index contributed by atoms with van der Waals surface area (Å²) in [5.74, 6) is -2.07. The van der Waals surface area contributed by atoms with E-state index < -0.39 is 23.3 Å². The first-order valence-corrected chi connectivity index (χ1v) is 5.04. The summed E-state index contributed by atoms with van der Waals surface area (Å²) < 4.78 is 55.0. The van der Waals surface area contributed by atoms with Crippen LogP contribution in [-0.4, -0.2) is 25.5 Å². The summed E-state index contributed by atoms with van der Waals surface area (Å²) in [7, 11) is 0. The molecule has 100 valence electrons. The van der Waals surface area contributed by atoms with E-state index in [0.717, 1.165) is 6.07 Å². The van der Waals surface area contributed by atoms with E-state index >= 15 is 0 Å². The fourth-order valence-electron chi connectivity index (χ4n) is 1.25. The van der Waals surface area contributed by atoms with Gasteiger partial charge in [0.1, 0.15) is 12.4 Å². The van der Waals surface area contributed by atoms with Crippen molar-refractivity contribution in [3.63, 3.8) is 0 Å². The average Bonchev–Trinajstić information content (AvgIpc) is 2.28. The highest BCUT2D eigenvalue weighted by Gasteiger charge is 2.34. The molecule has 0 fully saturated rings. The molecule has 7 heteroatoms. The summed E-state index contributed by atoms with van der Waals surface area (Å²) in [6.45, 7) is -0.0658. The van der Waals surface area contributed by atoms with Crippen LogP contribution < -0.4 is 5.73 Å². The summed E-state index contributed by atoms with van der Waals surface area (Å²) in [5, 5.41) is 0. The van der Waals surface area contributed by atoms with Crippen molar-refractivity contribution in [1.82, 2.24) is 0 Å². The first kappa shape index (κ1) is 14.6. The van der Waals surface area contributed by atoms with Crippen molar-refractivity contribution in [2.24, 2.45) is 5.73 Å². The molecule has 0 aliphatic carbocycles. The second-order valence-electron chi connectivity index (χ2n) is 3.46. The third kappa shape index (κ3) is 3.78. The molecular formula is C11H11F4NO2. The van der Waals surface area contributed by atoms with Crippen molar-refractivity contribution in [1.29, 1.82) is 0 Å². The highest BCUT2D eigenvalue weighted by atomic mass is 19.4. The Morgan fingerprint density at radius 1 is 1.33 bits per heavy atom. The molecule has 0 saturated carbocycles. The molecule has 0 bridgehead atoms. The zero-order valence-electron chi connectivity index (χ0n) is 9.26. The summed E-state index contributed by atoms with van der Waals surface area (Å²) in [5.41, 5.74) is 3.40. The highest BCUT2D eigenvalue weighted by molar-refractivity contribution is 5.97. The molecule has 1 aromatic rings. The van der Waals surface area contributed by atoms with E-state index in [9.17, 15) is 22.4 Å². The van der Waals surface area contributed by atoms with Gasteiger partial charge in [-0.25, -0.2) is 4.39 Å². The molecular weight excluding hydrogens is 254 g/mol. The first-order valence-electron chi connectivity index (χ1n) is 5.04. The second-order valence-corrected chi connectivity index (χ2v) is 3.46. The Hall–Kier alpha value is -1.47. The molecule has 0 saturated heterocycles. The quantitative estimate of drug-likeness (QED) is 0.503. The molecule has 0 atom stereocenters. The van der Waals surface area contributed by atoms with Crippen molar-refractivity contribution < 1.29 is 27.1 Å². The zero-order chi connectivity index (χ0) is 13.8. The summed E-state index contributed by atoms with van der Waals surface area (Å²) in [6.07, 6.45) is -4.83. The largest absolute Gasteiger partial charge is 0.419 e. The SMILES string of the molecule is NCCOCC(=O)c1ccc(F)c(C(F)(F)F)c1. The Bertz CT molecular complexity index is 432. The number of nitrogens with two attached hydrogens (primary N) is 1. The molecule has 2 N–H and O–H groups in total. The van der Waals surface area contributed by atoms with Crippen molar-refractivity contribution in [2.75, 3.05) is 19.8 Å². The Morgan fingerprint density at radius 2 is 2.00 bits per heavy atom. The minimum atomic E-state index is -4.83. The van der Waals surface area contributed by atoms with Crippen LogP contribution >= 0.6 is 0 Å². The van der Waals surface area contributed by atoms with Crippen molar-refractivity contribution in [3.8, 4) is 0 Å². The fraction of sp³-hybridized carbons (Fsp3) is 0.364. The Balaban J connectivity index is 2.88. The van der Waals surface area contributed by atoms with Gasteiger partial charge in [-0.15, -0.1) is 0 Å². The molecule has 0 unspecified atom stereocenters. The van der Waals surface area contributed by atoms with Crippen LogP contribution in [0.2, 0.25) is 0 Å². The molecule has 0 aliphatic heterocycles. The number of ketones is 1. The van der Waals surface area contributed by atoms with Gasteiger partial charge in [-0.1, -0.05) is 0 Å². The Kier molecular flexibility index (Phi) is 4.80. The van der Waals surface area contributed by atoms with Gasteiger partial charge in [0.2, 0.25) is 0 Å². The van der Waals surface area contributed by atoms with Gasteiger partial charge in [-0.3, -0.25) is 4.79 Å². The van der Waals surface area contributed by atoms with Gasteiger partial charge in [0.15, 0.2) is 5.78 Å². The van der Waals surface area contributed by atoms with Gasteiger partial charge >= 0.3 is 6.18 Å². The van der Waals surface area contributed by atoms with Gasteiger partial charge in [-0.2, -0.15) is 13.2 Å². The van der Waals surface area contributed by atoms with Gasteiger partial charge in [0.25, 0.3) is 0 Å². The maximum absolute atomic E-state index is 13.0. The lowest BCUT2D eigenvalue weighted by Gasteiger charge is -2.09. The molecule has 0 heterocycles. The fourth-order valence-corrected chi connectivity index (χ4v) is 1.25. The monoisotopic (exact) mass is 265 g/mol. The second kappa shape index (κ2) is 5.92. The minimum absolute atomic E-state index is 0.124. The molecule has 0 amide bonds. The van der Waals surface area contributed by atoms with Gasteiger partial charge < -0.3 is 10.5 Å². The molecule has 0 aliphatic rings. The summed E-state index contributed by atoms with van der Waals surface area (Å²) in [4.78, 5) is 11.5. The number of hydrogen-bond donors (Lipinski definition) is 1. The van der Waals surface area contributed by atoms with Crippen LogP contribution in [-0.2, 0) is 10.9 Å². The van der Waals surface area contributed by atoms with Crippen LogP contribution in [0.25, 0.3) is 0 Å². The third-order valence-electron chi connectivity index (χ3n) is 2.09. The maximum atomic E-state index is 13.0. The number of Topliss-reactive ketones (excluding diaryl/α,β-unsaturated/α-hetero) is 1. The van der Waals surface area contributed by atoms with Gasteiger partial charge in [-0.05, 0) is 18.2 Å². The molecule has 0 aromatic heterocycles. The first-order chi connectivity index (χ1) is 8.36. The van der Waals surface area contributed by atoms with Crippen molar-refractivity contribution in [3.05, 3.63) is 35.1 Å². The van der Waals surface area contributed by atoms with E-state index in [1.165, 1.54) is 0 Å². The van der Waals surface area contributed by atoms with Crippen molar-refractivity contribution >= 4 is 5.78 Å². The lowest BCUT2D eigenvalue weighted by Crippen LogP contribution is -2.16. The zero-order valence-corrected chi connectivity index (χ0v) is 9.26. The number of rotatable bonds is 5. The topological polar surface area (TPSA) is 52.3 Å². The summed E-state index contributed by atoms with van der Waals surface area (Å²) >= 11 is 0. The van der Waals surface area contributed by atoms with Crippen LogP contribution in [0.4, 0.5) is 17.6 Å². The maximum Gasteiger partial charge on any atom is 0.419 e. The molecule has 1 aromatic carbocycles. The lowest BCUT2D eigenvalue weighted by atomic mass is 10.1. The number of ether oxygens (including phenoxy) is 1. The lowest BCUT2D eigenvalue weighted by molar-refractivity contribution is -0.140. The third-order valence-corrected chi connectivity index (χ3v) is 2.09.